The molecule has 1 N–H and O–H groups in total. The molecule has 0 aromatic heterocycles. The van der Waals surface area contributed by atoms with Crippen molar-refractivity contribution in [3.8, 4) is 0 Å². The Labute approximate surface area is 122 Å². The minimum absolute atomic E-state index is 0.539. The lowest BCUT2D eigenvalue weighted by atomic mass is 10.1. The van der Waals surface area contributed by atoms with E-state index in [4.69, 9.17) is 0 Å². The molecule has 0 spiro atoms. The molecule has 0 aliphatic carbocycles. The van der Waals surface area contributed by atoms with Gasteiger partial charge in [0.25, 0.3) is 0 Å². The van der Waals surface area contributed by atoms with Crippen LogP contribution in [0.5, 0.6) is 0 Å². The fourth-order valence-electron chi connectivity index (χ4n) is 2.47. The Morgan fingerprint density at radius 1 is 1.32 bits per heavy atom. The molecule has 0 amide bonds. The third-order valence-corrected chi connectivity index (χ3v) is 4.91. The predicted molar refractivity (Wildman–Crippen MR) is 85.6 cm³/mol. The van der Waals surface area contributed by atoms with Crippen LogP contribution in [0.1, 0.15) is 31.4 Å². The molecule has 1 aromatic rings. The zero-order valence-corrected chi connectivity index (χ0v) is 13.2. The van der Waals surface area contributed by atoms with Crippen LogP contribution in [0.25, 0.3) is 0 Å². The number of thioether (sulfide) groups is 1. The lowest BCUT2D eigenvalue weighted by Gasteiger charge is -2.25. The highest BCUT2D eigenvalue weighted by Crippen LogP contribution is 2.23. The molecule has 1 saturated heterocycles. The molecule has 19 heavy (non-hydrogen) atoms. The van der Waals surface area contributed by atoms with E-state index in [0.29, 0.717) is 6.04 Å². The first-order valence-corrected chi connectivity index (χ1v) is 8.40. The van der Waals surface area contributed by atoms with Crippen molar-refractivity contribution in [2.45, 2.75) is 45.4 Å². The number of benzene rings is 1. The van der Waals surface area contributed by atoms with Gasteiger partial charge >= 0.3 is 0 Å². The summed E-state index contributed by atoms with van der Waals surface area (Å²) in [6, 6.07) is 10.1. The SMILES string of the molecule is CC(C)NCc1ccccc1CN(C)C1CCSC1. The van der Waals surface area contributed by atoms with E-state index in [-0.39, 0.29) is 0 Å². The zero-order valence-electron chi connectivity index (χ0n) is 12.4. The highest BCUT2D eigenvalue weighted by Gasteiger charge is 2.20. The van der Waals surface area contributed by atoms with E-state index in [0.717, 1.165) is 19.1 Å². The maximum Gasteiger partial charge on any atom is 0.0237 e. The van der Waals surface area contributed by atoms with Crippen LogP contribution >= 0.6 is 11.8 Å². The number of hydrogen-bond donors (Lipinski definition) is 1. The van der Waals surface area contributed by atoms with E-state index in [9.17, 15) is 0 Å². The molecule has 1 heterocycles. The first kappa shape index (κ1) is 14.9. The Balaban J connectivity index is 1.98. The molecule has 2 nitrogen and oxygen atoms in total. The second-order valence-electron chi connectivity index (χ2n) is 5.74. The summed E-state index contributed by atoms with van der Waals surface area (Å²) in [5, 5.41) is 3.52. The summed E-state index contributed by atoms with van der Waals surface area (Å²) in [6.45, 7) is 6.44. The molecule has 1 aliphatic heterocycles. The van der Waals surface area contributed by atoms with Crippen LogP contribution in [0.2, 0.25) is 0 Å². The van der Waals surface area contributed by atoms with E-state index in [1.807, 2.05) is 0 Å². The molecule has 0 bridgehead atoms. The van der Waals surface area contributed by atoms with Gasteiger partial charge in [0.2, 0.25) is 0 Å². The van der Waals surface area contributed by atoms with Crippen LogP contribution in [0, 0.1) is 0 Å². The van der Waals surface area contributed by atoms with Crippen LogP contribution in [-0.4, -0.2) is 35.5 Å². The van der Waals surface area contributed by atoms with Crippen LogP contribution in [0.3, 0.4) is 0 Å². The summed E-state index contributed by atoms with van der Waals surface area (Å²) in [4.78, 5) is 2.52. The fourth-order valence-corrected chi connectivity index (χ4v) is 3.76. The highest BCUT2D eigenvalue weighted by atomic mass is 32.2. The molecular weight excluding hydrogens is 252 g/mol. The Bertz CT molecular complexity index is 386. The van der Waals surface area contributed by atoms with Crippen molar-refractivity contribution >= 4 is 11.8 Å². The van der Waals surface area contributed by atoms with E-state index >= 15 is 0 Å². The summed E-state index contributed by atoms with van der Waals surface area (Å²) >= 11 is 2.09. The summed E-state index contributed by atoms with van der Waals surface area (Å²) < 4.78 is 0. The average molecular weight is 278 g/mol. The van der Waals surface area contributed by atoms with Crippen LogP contribution in [0.4, 0.5) is 0 Å². The third-order valence-electron chi connectivity index (χ3n) is 3.77. The normalized spacial score (nSPS) is 19.5. The van der Waals surface area contributed by atoms with Crippen LogP contribution in [0.15, 0.2) is 24.3 Å². The van der Waals surface area contributed by atoms with Gasteiger partial charge in [-0.25, -0.2) is 0 Å². The number of nitrogens with zero attached hydrogens (tertiary/aromatic N) is 1. The van der Waals surface area contributed by atoms with Crippen LogP contribution in [-0.2, 0) is 13.1 Å². The Kier molecular flexibility index (Phi) is 5.74. The summed E-state index contributed by atoms with van der Waals surface area (Å²) in [5.41, 5.74) is 2.91. The number of rotatable bonds is 6. The first-order chi connectivity index (χ1) is 9.16. The second kappa shape index (κ2) is 7.32. The van der Waals surface area contributed by atoms with Gasteiger partial charge in [-0.3, -0.25) is 4.90 Å². The van der Waals surface area contributed by atoms with Crippen molar-refractivity contribution in [1.29, 1.82) is 0 Å². The molecule has 1 aliphatic rings. The van der Waals surface area contributed by atoms with Crippen molar-refractivity contribution in [1.82, 2.24) is 10.2 Å². The van der Waals surface area contributed by atoms with Crippen molar-refractivity contribution in [2.24, 2.45) is 0 Å². The minimum Gasteiger partial charge on any atom is -0.310 e. The molecule has 1 aromatic carbocycles. The van der Waals surface area contributed by atoms with Gasteiger partial charge in [0, 0.05) is 30.9 Å². The number of nitrogens with one attached hydrogen (secondary N) is 1. The molecule has 2 rings (SSSR count). The lowest BCUT2D eigenvalue weighted by molar-refractivity contribution is 0.253. The van der Waals surface area contributed by atoms with Gasteiger partial charge in [-0.2, -0.15) is 11.8 Å². The summed E-state index contributed by atoms with van der Waals surface area (Å²) in [6.07, 6.45) is 1.34. The zero-order chi connectivity index (χ0) is 13.7. The van der Waals surface area contributed by atoms with Crippen molar-refractivity contribution in [3.05, 3.63) is 35.4 Å². The average Bonchev–Trinajstić information content (AvgIpc) is 2.91. The maximum absolute atomic E-state index is 3.52. The van der Waals surface area contributed by atoms with E-state index in [1.54, 1.807) is 0 Å². The van der Waals surface area contributed by atoms with E-state index in [1.165, 1.54) is 29.1 Å². The van der Waals surface area contributed by atoms with Crippen molar-refractivity contribution in [2.75, 3.05) is 18.6 Å². The first-order valence-electron chi connectivity index (χ1n) is 7.25. The molecule has 1 atom stereocenters. The largest absolute Gasteiger partial charge is 0.310 e. The van der Waals surface area contributed by atoms with Gasteiger partial charge in [-0.05, 0) is 30.3 Å². The standard InChI is InChI=1S/C16H26N2S/c1-13(2)17-10-14-6-4-5-7-15(14)11-18(3)16-8-9-19-12-16/h4-7,13,16-17H,8-12H2,1-3H3. The van der Waals surface area contributed by atoms with Gasteiger partial charge in [0.05, 0.1) is 0 Å². The molecule has 0 saturated carbocycles. The van der Waals surface area contributed by atoms with Crippen molar-refractivity contribution in [3.63, 3.8) is 0 Å². The quantitative estimate of drug-likeness (QED) is 0.861. The topological polar surface area (TPSA) is 15.3 Å². The molecule has 1 fully saturated rings. The second-order valence-corrected chi connectivity index (χ2v) is 6.89. The summed E-state index contributed by atoms with van der Waals surface area (Å²) in [5.74, 6) is 2.62. The predicted octanol–water partition coefficient (Wildman–Crippen LogP) is 3.12. The van der Waals surface area contributed by atoms with Gasteiger partial charge in [0.1, 0.15) is 0 Å². The van der Waals surface area contributed by atoms with Crippen molar-refractivity contribution < 1.29 is 0 Å². The van der Waals surface area contributed by atoms with Crippen LogP contribution < -0.4 is 5.32 Å². The van der Waals surface area contributed by atoms with E-state index < -0.39 is 0 Å². The summed E-state index contributed by atoms with van der Waals surface area (Å²) in [7, 11) is 2.27. The van der Waals surface area contributed by atoms with Gasteiger partial charge in [-0.15, -0.1) is 0 Å². The Morgan fingerprint density at radius 3 is 2.68 bits per heavy atom. The van der Waals surface area contributed by atoms with Gasteiger partial charge in [-0.1, -0.05) is 38.1 Å². The minimum atomic E-state index is 0.539. The molecular formula is C16H26N2S. The monoisotopic (exact) mass is 278 g/mol. The Hall–Kier alpha value is -0.510. The fraction of sp³-hybridized carbons (Fsp3) is 0.625. The number of hydrogen-bond acceptors (Lipinski definition) is 3. The van der Waals surface area contributed by atoms with Gasteiger partial charge < -0.3 is 5.32 Å². The molecule has 0 radical (unpaired) electrons. The highest BCUT2D eigenvalue weighted by molar-refractivity contribution is 7.99. The molecule has 106 valence electrons. The molecule has 3 heteroatoms. The third kappa shape index (κ3) is 4.51. The maximum atomic E-state index is 3.52. The van der Waals surface area contributed by atoms with Gasteiger partial charge in [0.15, 0.2) is 0 Å². The smallest absolute Gasteiger partial charge is 0.0237 e. The Morgan fingerprint density at radius 2 is 2.05 bits per heavy atom. The molecule has 1 unspecified atom stereocenters. The lowest BCUT2D eigenvalue weighted by Crippen LogP contribution is -2.31. The van der Waals surface area contributed by atoms with E-state index in [2.05, 4.69) is 67.1 Å².